The summed E-state index contributed by atoms with van der Waals surface area (Å²) in [6.45, 7) is 2.34. The molecule has 2 saturated heterocycles. The molecule has 4 nitrogen and oxygen atoms in total. The van der Waals surface area contributed by atoms with E-state index in [1.165, 1.54) is 7.11 Å². The Hall–Kier alpha value is -0.610. The molecule has 0 aromatic heterocycles. The number of hydrogen-bond acceptors (Lipinski definition) is 4. The van der Waals surface area contributed by atoms with Crippen molar-refractivity contribution < 1.29 is 19.0 Å². The normalized spacial score (nSPS) is 32.3. The van der Waals surface area contributed by atoms with Crippen LogP contribution in [0.4, 0.5) is 0 Å². The molecule has 2 aliphatic heterocycles. The first-order valence-corrected chi connectivity index (χ1v) is 6.08. The SMILES string of the molecule is COC(=O)C1CCOC(C2CCOCC2)C1. The number of carbonyl (C=O) groups is 1. The molecule has 4 heteroatoms. The van der Waals surface area contributed by atoms with E-state index in [2.05, 4.69) is 0 Å². The van der Waals surface area contributed by atoms with E-state index in [4.69, 9.17) is 14.2 Å². The molecule has 0 aromatic carbocycles. The van der Waals surface area contributed by atoms with Crippen LogP contribution in [0.1, 0.15) is 25.7 Å². The summed E-state index contributed by atoms with van der Waals surface area (Å²) in [6.07, 6.45) is 3.95. The van der Waals surface area contributed by atoms with Gasteiger partial charge in [0.2, 0.25) is 0 Å². The van der Waals surface area contributed by atoms with E-state index in [1.54, 1.807) is 0 Å². The molecule has 0 aromatic rings. The van der Waals surface area contributed by atoms with Crippen LogP contribution in [-0.4, -0.2) is 39.0 Å². The van der Waals surface area contributed by atoms with E-state index in [0.717, 1.165) is 38.9 Å². The molecule has 2 atom stereocenters. The summed E-state index contributed by atoms with van der Waals surface area (Å²) in [5.41, 5.74) is 0. The molecule has 2 fully saturated rings. The zero-order chi connectivity index (χ0) is 11.4. The van der Waals surface area contributed by atoms with Gasteiger partial charge in [-0.05, 0) is 31.6 Å². The Morgan fingerprint density at radius 1 is 1.19 bits per heavy atom. The fraction of sp³-hybridized carbons (Fsp3) is 0.917. The van der Waals surface area contributed by atoms with Crippen molar-refractivity contribution in [3.63, 3.8) is 0 Å². The molecule has 2 unspecified atom stereocenters. The maximum Gasteiger partial charge on any atom is 0.308 e. The summed E-state index contributed by atoms with van der Waals surface area (Å²) in [5.74, 6) is 0.508. The van der Waals surface area contributed by atoms with Gasteiger partial charge in [0.15, 0.2) is 0 Å². The highest BCUT2D eigenvalue weighted by Gasteiger charge is 2.33. The molecular formula is C12H20O4. The van der Waals surface area contributed by atoms with Gasteiger partial charge in [0.1, 0.15) is 0 Å². The van der Waals surface area contributed by atoms with Crippen molar-refractivity contribution in [2.24, 2.45) is 11.8 Å². The average molecular weight is 228 g/mol. The summed E-state index contributed by atoms with van der Waals surface area (Å²) in [4.78, 5) is 11.5. The van der Waals surface area contributed by atoms with Gasteiger partial charge in [-0.2, -0.15) is 0 Å². The predicted molar refractivity (Wildman–Crippen MR) is 58.0 cm³/mol. The zero-order valence-corrected chi connectivity index (χ0v) is 9.81. The molecule has 2 heterocycles. The first kappa shape index (κ1) is 11.9. The minimum atomic E-state index is -0.0830. The van der Waals surface area contributed by atoms with Crippen molar-refractivity contribution in [1.29, 1.82) is 0 Å². The fourth-order valence-electron chi connectivity index (χ4n) is 2.62. The number of esters is 1. The van der Waals surface area contributed by atoms with Gasteiger partial charge >= 0.3 is 5.97 Å². The Bertz CT molecular complexity index is 235. The first-order valence-electron chi connectivity index (χ1n) is 6.08. The van der Waals surface area contributed by atoms with E-state index in [1.807, 2.05) is 0 Å². The van der Waals surface area contributed by atoms with Gasteiger partial charge < -0.3 is 14.2 Å². The van der Waals surface area contributed by atoms with Crippen molar-refractivity contribution in [1.82, 2.24) is 0 Å². The van der Waals surface area contributed by atoms with E-state index in [-0.39, 0.29) is 18.0 Å². The van der Waals surface area contributed by atoms with Gasteiger partial charge in [-0.1, -0.05) is 0 Å². The predicted octanol–water partition coefficient (Wildman–Crippen LogP) is 1.38. The third-order valence-electron chi connectivity index (χ3n) is 3.64. The standard InChI is InChI=1S/C12H20O4/c1-14-12(13)10-4-7-16-11(8-10)9-2-5-15-6-3-9/h9-11H,2-8H2,1H3. The van der Waals surface area contributed by atoms with Crippen LogP contribution in [0.15, 0.2) is 0 Å². The van der Waals surface area contributed by atoms with Crippen LogP contribution in [0.25, 0.3) is 0 Å². The molecule has 0 aliphatic carbocycles. The van der Waals surface area contributed by atoms with E-state index < -0.39 is 0 Å². The van der Waals surface area contributed by atoms with Gasteiger partial charge in [-0.25, -0.2) is 0 Å². The first-order chi connectivity index (χ1) is 7.81. The molecule has 0 radical (unpaired) electrons. The summed E-state index contributed by atoms with van der Waals surface area (Å²) >= 11 is 0. The smallest absolute Gasteiger partial charge is 0.308 e. The second-order valence-electron chi connectivity index (χ2n) is 4.60. The Labute approximate surface area is 96.2 Å². The van der Waals surface area contributed by atoms with Crippen molar-refractivity contribution in [3.8, 4) is 0 Å². The quantitative estimate of drug-likeness (QED) is 0.670. The summed E-state index contributed by atoms with van der Waals surface area (Å²) in [6, 6.07) is 0. The molecular weight excluding hydrogens is 208 g/mol. The Kier molecular flexibility index (Phi) is 4.18. The Morgan fingerprint density at radius 2 is 1.94 bits per heavy atom. The van der Waals surface area contributed by atoms with Crippen LogP contribution in [0.3, 0.4) is 0 Å². The Balaban J connectivity index is 1.87. The number of methoxy groups -OCH3 is 1. The minimum Gasteiger partial charge on any atom is -0.469 e. The third-order valence-corrected chi connectivity index (χ3v) is 3.64. The van der Waals surface area contributed by atoms with E-state index >= 15 is 0 Å². The second-order valence-corrected chi connectivity index (χ2v) is 4.60. The van der Waals surface area contributed by atoms with Gasteiger partial charge in [0.05, 0.1) is 19.1 Å². The number of carbonyl (C=O) groups excluding carboxylic acids is 1. The minimum absolute atomic E-state index is 0.0339. The van der Waals surface area contributed by atoms with Gasteiger partial charge in [0.25, 0.3) is 0 Å². The van der Waals surface area contributed by atoms with Crippen molar-refractivity contribution in [3.05, 3.63) is 0 Å². The number of rotatable bonds is 2. The molecule has 2 rings (SSSR count). The van der Waals surface area contributed by atoms with Crippen LogP contribution in [0, 0.1) is 11.8 Å². The highest BCUT2D eigenvalue weighted by molar-refractivity contribution is 5.72. The van der Waals surface area contributed by atoms with E-state index in [9.17, 15) is 4.79 Å². The van der Waals surface area contributed by atoms with Gasteiger partial charge in [-0.15, -0.1) is 0 Å². The van der Waals surface area contributed by atoms with Crippen LogP contribution in [-0.2, 0) is 19.0 Å². The van der Waals surface area contributed by atoms with Crippen LogP contribution in [0.2, 0.25) is 0 Å². The summed E-state index contributed by atoms with van der Waals surface area (Å²) in [7, 11) is 1.46. The van der Waals surface area contributed by atoms with Gasteiger partial charge in [-0.3, -0.25) is 4.79 Å². The maximum atomic E-state index is 11.5. The lowest BCUT2D eigenvalue weighted by Crippen LogP contribution is -2.37. The fourth-order valence-corrected chi connectivity index (χ4v) is 2.62. The second kappa shape index (κ2) is 5.64. The summed E-state index contributed by atoms with van der Waals surface area (Å²) < 4.78 is 15.9. The molecule has 0 bridgehead atoms. The molecule has 2 aliphatic rings. The lowest BCUT2D eigenvalue weighted by molar-refractivity contribution is -0.153. The maximum absolute atomic E-state index is 11.5. The molecule has 92 valence electrons. The molecule has 16 heavy (non-hydrogen) atoms. The van der Waals surface area contributed by atoms with Crippen molar-refractivity contribution in [2.75, 3.05) is 26.9 Å². The lowest BCUT2D eigenvalue weighted by Gasteiger charge is -2.35. The third kappa shape index (κ3) is 2.74. The zero-order valence-electron chi connectivity index (χ0n) is 9.81. The Morgan fingerprint density at radius 3 is 2.62 bits per heavy atom. The topological polar surface area (TPSA) is 44.8 Å². The average Bonchev–Trinajstić information content (AvgIpc) is 2.39. The monoisotopic (exact) mass is 228 g/mol. The largest absolute Gasteiger partial charge is 0.469 e. The molecule has 0 saturated carbocycles. The summed E-state index contributed by atoms with van der Waals surface area (Å²) in [5, 5.41) is 0. The highest BCUT2D eigenvalue weighted by atomic mass is 16.5. The van der Waals surface area contributed by atoms with E-state index in [0.29, 0.717) is 12.5 Å². The van der Waals surface area contributed by atoms with Crippen molar-refractivity contribution in [2.45, 2.75) is 31.8 Å². The van der Waals surface area contributed by atoms with Crippen molar-refractivity contribution >= 4 is 5.97 Å². The number of ether oxygens (including phenoxy) is 3. The lowest BCUT2D eigenvalue weighted by atomic mass is 9.85. The van der Waals surface area contributed by atoms with Crippen LogP contribution < -0.4 is 0 Å². The molecule has 0 amide bonds. The van der Waals surface area contributed by atoms with Crippen LogP contribution >= 0.6 is 0 Å². The highest BCUT2D eigenvalue weighted by Crippen LogP contribution is 2.30. The number of hydrogen-bond donors (Lipinski definition) is 0. The van der Waals surface area contributed by atoms with Crippen LogP contribution in [0.5, 0.6) is 0 Å². The molecule has 0 spiro atoms. The van der Waals surface area contributed by atoms with Gasteiger partial charge in [0, 0.05) is 19.8 Å². The molecule has 0 N–H and O–H groups in total.